The fraction of sp³-hybridized carbons (Fsp3) is 0.438. The maximum Gasteiger partial charge on any atom is 0.289 e. The van der Waals surface area contributed by atoms with Gasteiger partial charge in [0.15, 0.2) is 4.90 Å². The predicted molar refractivity (Wildman–Crippen MR) is 89.6 cm³/mol. The van der Waals surface area contributed by atoms with Gasteiger partial charge in [-0.05, 0) is 18.9 Å². The Bertz CT molecular complexity index is 891. The maximum atomic E-state index is 13.0. The molecule has 8 nitrogen and oxygen atoms in total. The highest BCUT2D eigenvalue weighted by Gasteiger charge is 2.40. The van der Waals surface area contributed by atoms with Gasteiger partial charge in [-0.1, -0.05) is 31.1 Å². The summed E-state index contributed by atoms with van der Waals surface area (Å²) in [4.78, 5) is 10.2. The van der Waals surface area contributed by atoms with E-state index in [9.17, 15) is 18.5 Å². The zero-order valence-electron chi connectivity index (χ0n) is 14.0. The minimum absolute atomic E-state index is 0.142. The molecule has 0 radical (unpaired) electrons. The Morgan fingerprint density at radius 3 is 2.72 bits per heavy atom. The smallest absolute Gasteiger partial charge is 0.289 e. The summed E-state index contributed by atoms with van der Waals surface area (Å²) in [7, 11) is -4.01. The summed E-state index contributed by atoms with van der Waals surface area (Å²) < 4.78 is 32.7. The highest BCUT2D eigenvalue weighted by Crippen LogP contribution is 2.38. The average molecular weight is 365 g/mol. The van der Waals surface area contributed by atoms with Crippen LogP contribution in [0.3, 0.4) is 0 Å². The lowest BCUT2D eigenvalue weighted by Gasteiger charge is -2.22. The topological polar surface area (TPSA) is 107 Å². The number of aromatic nitrogens is 1. The Morgan fingerprint density at radius 1 is 1.36 bits per heavy atom. The van der Waals surface area contributed by atoms with Crippen LogP contribution in [0.2, 0.25) is 0 Å². The lowest BCUT2D eigenvalue weighted by atomic mass is 10.1. The number of sulfonamides is 1. The standard InChI is InChI=1S/C16H19N3O5S/c1-11(2)15-10-12(17-24-15)13-7-5-9-18(13)25(22,23)16-8-4-3-6-14(16)19(20)21/h3-4,6,8,10-11,13H,5,7,9H2,1-2H3. The van der Waals surface area contributed by atoms with E-state index in [1.807, 2.05) is 13.8 Å². The van der Waals surface area contributed by atoms with Gasteiger partial charge in [0, 0.05) is 24.6 Å². The Morgan fingerprint density at radius 2 is 2.08 bits per heavy atom. The van der Waals surface area contributed by atoms with Crippen molar-refractivity contribution < 1.29 is 17.9 Å². The van der Waals surface area contributed by atoms with Crippen molar-refractivity contribution in [3.05, 3.63) is 51.9 Å². The van der Waals surface area contributed by atoms with E-state index in [1.54, 1.807) is 6.07 Å². The molecule has 134 valence electrons. The highest BCUT2D eigenvalue weighted by molar-refractivity contribution is 7.89. The summed E-state index contributed by atoms with van der Waals surface area (Å²) in [6.07, 6.45) is 1.26. The molecule has 0 N–H and O–H groups in total. The first-order chi connectivity index (χ1) is 11.8. The van der Waals surface area contributed by atoms with Gasteiger partial charge in [-0.2, -0.15) is 4.31 Å². The van der Waals surface area contributed by atoms with E-state index >= 15 is 0 Å². The van der Waals surface area contributed by atoms with Crippen LogP contribution in [0.15, 0.2) is 39.8 Å². The van der Waals surface area contributed by atoms with Crippen LogP contribution >= 0.6 is 0 Å². The van der Waals surface area contributed by atoms with Crippen molar-refractivity contribution in [2.75, 3.05) is 6.54 Å². The van der Waals surface area contributed by atoms with Crippen LogP contribution in [0, 0.1) is 10.1 Å². The third-order valence-electron chi connectivity index (χ3n) is 4.31. The average Bonchev–Trinajstić information content (AvgIpc) is 3.23. The Balaban J connectivity index is 2.00. The molecule has 25 heavy (non-hydrogen) atoms. The summed E-state index contributed by atoms with van der Waals surface area (Å²) in [6.45, 7) is 4.21. The molecule has 2 aromatic rings. The molecule has 0 aliphatic carbocycles. The maximum absolute atomic E-state index is 13.0. The fourth-order valence-electron chi connectivity index (χ4n) is 3.01. The van der Waals surface area contributed by atoms with Gasteiger partial charge in [-0.25, -0.2) is 8.42 Å². The quantitative estimate of drug-likeness (QED) is 0.595. The molecule has 1 aromatic carbocycles. The number of nitrogens with zero attached hydrogens (tertiary/aromatic N) is 3. The minimum Gasteiger partial charge on any atom is -0.361 e. The zero-order valence-corrected chi connectivity index (χ0v) is 14.8. The van der Waals surface area contributed by atoms with Gasteiger partial charge in [-0.3, -0.25) is 10.1 Å². The lowest BCUT2D eigenvalue weighted by Crippen LogP contribution is -2.31. The summed E-state index contributed by atoms with van der Waals surface area (Å²) in [5.41, 5.74) is 0.125. The molecule has 0 spiro atoms. The van der Waals surface area contributed by atoms with Crippen LogP contribution in [0.1, 0.15) is 50.1 Å². The van der Waals surface area contributed by atoms with Gasteiger partial charge in [0.05, 0.1) is 11.0 Å². The van der Waals surface area contributed by atoms with Crippen molar-refractivity contribution in [3.8, 4) is 0 Å². The molecule has 3 rings (SSSR count). The van der Waals surface area contributed by atoms with Gasteiger partial charge in [0.25, 0.3) is 15.7 Å². The molecule has 1 aliphatic heterocycles. The van der Waals surface area contributed by atoms with E-state index in [1.165, 1.54) is 28.6 Å². The second-order valence-electron chi connectivity index (χ2n) is 6.31. The van der Waals surface area contributed by atoms with Gasteiger partial charge >= 0.3 is 0 Å². The number of nitro benzene ring substituents is 1. The van der Waals surface area contributed by atoms with Gasteiger partial charge in [-0.15, -0.1) is 0 Å². The first-order valence-corrected chi connectivity index (χ1v) is 9.48. The first-order valence-electron chi connectivity index (χ1n) is 8.04. The predicted octanol–water partition coefficient (Wildman–Crippen LogP) is 3.23. The van der Waals surface area contributed by atoms with Crippen molar-refractivity contribution in [1.82, 2.24) is 9.46 Å². The van der Waals surface area contributed by atoms with E-state index in [0.29, 0.717) is 30.8 Å². The third-order valence-corrected chi connectivity index (χ3v) is 6.26. The molecule has 0 amide bonds. The molecule has 0 bridgehead atoms. The first kappa shape index (κ1) is 17.6. The van der Waals surface area contributed by atoms with E-state index < -0.39 is 26.7 Å². The molecule has 1 atom stereocenters. The van der Waals surface area contributed by atoms with E-state index in [-0.39, 0.29) is 10.8 Å². The molecule has 0 saturated carbocycles. The van der Waals surface area contributed by atoms with Crippen LogP contribution in [-0.4, -0.2) is 29.3 Å². The van der Waals surface area contributed by atoms with E-state index in [4.69, 9.17) is 4.52 Å². The molecule has 1 saturated heterocycles. The monoisotopic (exact) mass is 365 g/mol. The summed E-state index contributed by atoms with van der Waals surface area (Å²) >= 11 is 0. The van der Waals surface area contributed by atoms with Crippen molar-refractivity contribution >= 4 is 15.7 Å². The van der Waals surface area contributed by atoms with Crippen LogP contribution in [-0.2, 0) is 10.0 Å². The van der Waals surface area contributed by atoms with E-state index in [0.717, 1.165) is 0 Å². The largest absolute Gasteiger partial charge is 0.361 e. The highest BCUT2D eigenvalue weighted by atomic mass is 32.2. The minimum atomic E-state index is -4.01. The number of rotatable bonds is 5. The number of hydrogen-bond donors (Lipinski definition) is 0. The van der Waals surface area contributed by atoms with Crippen LogP contribution in [0.25, 0.3) is 0 Å². The summed E-state index contributed by atoms with van der Waals surface area (Å²) in [5.74, 6) is 0.827. The molecular formula is C16H19N3O5S. The SMILES string of the molecule is CC(C)c1cc(C2CCCN2S(=O)(=O)c2ccccc2[N+](=O)[O-])no1. The molecule has 1 unspecified atom stereocenters. The number of benzene rings is 1. The normalized spacial score (nSPS) is 18.8. The second kappa shape index (κ2) is 6.57. The number of hydrogen-bond acceptors (Lipinski definition) is 6. The Kier molecular flexibility index (Phi) is 4.61. The lowest BCUT2D eigenvalue weighted by molar-refractivity contribution is -0.387. The van der Waals surface area contributed by atoms with Crippen molar-refractivity contribution in [3.63, 3.8) is 0 Å². The van der Waals surface area contributed by atoms with Gasteiger partial charge in [0.2, 0.25) is 0 Å². The van der Waals surface area contributed by atoms with Crippen LogP contribution in [0.5, 0.6) is 0 Å². The van der Waals surface area contributed by atoms with Crippen LogP contribution < -0.4 is 0 Å². The van der Waals surface area contributed by atoms with E-state index in [2.05, 4.69) is 5.16 Å². The van der Waals surface area contributed by atoms with Gasteiger partial charge < -0.3 is 4.52 Å². The van der Waals surface area contributed by atoms with Gasteiger partial charge in [0.1, 0.15) is 11.5 Å². The molecule has 1 aliphatic rings. The van der Waals surface area contributed by atoms with Crippen molar-refractivity contribution in [2.24, 2.45) is 0 Å². The summed E-state index contributed by atoms with van der Waals surface area (Å²) in [6, 6.07) is 6.70. The number of para-hydroxylation sites is 1. The molecule has 1 aromatic heterocycles. The molecular weight excluding hydrogens is 346 g/mol. The third kappa shape index (κ3) is 3.16. The van der Waals surface area contributed by atoms with Crippen molar-refractivity contribution in [1.29, 1.82) is 0 Å². The van der Waals surface area contributed by atoms with Crippen molar-refractivity contribution in [2.45, 2.75) is 43.5 Å². The zero-order chi connectivity index (χ0) is 18.2. The molecule has 1 fully saturated rings. The Labute approximate surface area is 145 Å². The Hall–Kier alpha value is -2.26. The number of nitro groups is 1. The molecule has 9 heteroatoms. The molecule has 2 heterocycles. The summed E-state index contributed by atoms with van der Waals surface area (Å²) in [5, 5.41) is 15.2. The second-order valence-corrected chi connectivity index (χ2v) is 8.17. The van der Waals surface area contributed by atoms with Crippen LogP contribution in [0.4, 0.5) is 5.69 Å². The fourth-order valence-corrected chi connectivity index (χ4v) is 4.84.